The maximum Gasteiger partial charge on any atom is 0.0594 e. The molecule has 4 fully saturated rings. The summed E-state index contributed by atoms with van der Waals surface area (Å²) in [5, 5.41) is 10.9. The van der Waals surface area contributed by atoms with Crippen LogP contribution in [0.1, 0.15) is 126 Å². The number of rotatable bonds is 0. The molecule has 0 aromatic rings. The molecule has 1 N–H and O–H groups in total. The Labute approximate surface area is 192 Å². The lowest BCUT2D eigenvalue weighted by molar-refractivity contribution is -0.204. The van der Waals surface area contributed by atoms with Gasteiger partial charge in [-0.15, -0.1) is 0 Å². The van der Waals surface area contributed by atoms with E-state index in [-0.39, 0.29) is 11.5 Å². The third kappa shape index (κ3) is 2.77. The molecule has 0 aromatic carbocycles. The molecule has 31 heavy (non-hydrogen) atoms. The quantitative estimate of drug-likeness (QED) is 0.386. The SMILES string of the molecule is CC1(C)CC[C@]2(C)CC[C@]3(C)C(=C2C1)CC[C@@H]1[C@@]2(C)CC[C@H](O)C(C)(C)[C@@H]2CC[C@]13C. The first-order chi connectivity index (χ1) is 14.2. The maximum atomic E-state index is 10.9. The number of hydrogen-bond acceptors (Lipinski definition) is 1. The second-order valence-corrected chi connectivity index (χ2v) is 15.2. The van der Waals surface area contributed by atoms with Crippen molar-refractivity contribution < 1.29 is 5.11 Å². The molecule has 0 spiro atoms. The summed E-state index contributed by atoms with van der Waals surface area (Å²) in [7, 11) is 0. The molecule has 5 aliphatic rings. The van der Waals surface area contributed by atoms with Gasteiger partial charge in [0.15, 0.2) is 0 Å². The predicted octanol–water partition coefficient (Wildman–Crippen LogP) is 8.31. The molecule has 5 aliphatic carbocycles. The largest absolute Gasteiger partial charge is 0.393 e. The van der Waals surface area contributed by atoms with Crippen LogP contribution in [0.15, 0.2) is 11.1 Å². The standard InChI is InChI=1S/C30H50O/c1-25(2)15-16-27(5)17-18-29(7)20(21(27)19-25)9-10-23-28(6)13-12-24(31)26(3,4)22(28)11-14-30(23,29)8/h22-24,31H,9-19H2,1-8H3/t22-,23+,24-,27+,28-,29+,30+/m0/s1. The summed E-state index contributed by atoms with van der Waals surface area (Å²) in [6.07, 6.45) is 14.5. The van der Waals surface area contributed by atoms with Gasteiger partial charge >= 0.3 is 0 Å². The van der Waals surface area contributed by atoms with E-state index in [0.29, 0.717) is 33.0 Å². The van der Waals surface area contributed by atoms with E-state index in [9.17, 15) is 5.11 Å². The van der Waals surface area contributed by atoms with Gasteiger partial charge in [0.2, 0.25) is 0 Å². The third-order valence-electron chi connectivity index (χ3n) is 12.9. The summed E-state index contributed by atoms with van der Waals surface area (Å²) < 4.78 is 0. The predicted molar refractivity (Wildman–Crippen MR) is 131 cm³/mol. The molecule has 176 valence electrons. The van der Waals surface area contributed by atoms with E-state index in [1.807, 2.05) is 11.1 Å². The molecule has 1 nitrogen and oxygen atoms in total. The molecule has 0 radical (unpaired) electrons. The molecule has 4 saturated carbocycles. The molecule has 0 bridgehead atoms. The van der Waals surface area contributed by atoms with Gasteiger partial charge in [0, 0.05) is 0 Å². The van der Waals surface area contributed by atoms with Crippen LogP contribution in [-0.2, 0) is 0 Å². The lowest BCUT2D eigenvalue weighted by Crippen LogP contribution is -2.64. The average molecular weight is 427 g/mol. The first kappa shape index (κ1) is 22.5. The van der Waals surface area contributed by atoms with E-state index >= 15 is 0 Å². The van der Waals surface area contributed by atoms with Crippen molar-refractivity contribution in [3.8, 4) is 0 Å². The zero-order valence-corrected chi connectivity index (χ0v) is 22.0. The van der Waals surface area contributed by atoms with Gasteiger partial charge in [-0.1, -0.05) is 66.5 Å². The highest BCUT2D eigenvalue weighted by Gasteiger charge is 2.67. The maximum absolute atomic E-state index is 10.9. The Kier molecular flexibility index (Phi) is 4.66. The molecule has 0 aromatic heterocycles. The van der Waals surface area contributed by atoms with Gasteiger partial charge in [0.1, 0.15) is 0 Å². The van der Waals surface area contributed by atoms with Crippen molar-refractivity contribution in [2.75, 3.05) is 0 Å². The molecule has 5 rings (SSSR count). The number of allylic oxidation sites excluding steroid dienone is 2. The fraction of sp³-hybridized carbons (Fsp3) is 0.933. The van der Waals surface area contributed by atoms with Crippen LogP contribution in [0.25, 0.3) is 0 Å². The van der Waals surface area contributed by atoms with E-state index in [2.05, 4.69) is 55.4 Å². The second-order valence-electron chi connectivity index (χ2n) is 15.2. The summed E-state index contributed by atoms with van der Waals surface area (Å²) in [5.74, 6) is 1.47. The highest BCUT2D eigenvalue weighted by molar-refractivity contribution is 5.38. The summed E-state index contributed by atoms with van der Waals surface area (Å²) >= 11 is 0. The molecule has 0 saturated heterocycles. The topological polar surface area (TPSA) is 20.2 Å². The molecular formula is C30H50O. The van der Waals surface area contributed by atoms with Crippen molar-refractivity contribution in [1.29, 1.82) is 0 Å². The minimum Gasteiger partial charge on any atom is -0.393 e. The van der Waals surface area contributed by atoms with Crippen LogP contribution < -0.4 is 0 Å². The normalized spacial score (nSPS) is 53.1. The molecule has 0 unspecified atom stereocenters. The lowest BCUT2D eigenvalue weighted by atomic mass is 9.34. The lowest BCUT2D eigenvalue weighted by Gasteiger charge is -2.71. The van der Waals surface area contributed by atoms with Gasteiger partial charge in [-0.05, 0) is 115 Å². The minimum atomic E-state index is -0.119. The molecule has 0 heterocycles. The fourth-order valence-electron chi connectivity index (χ4n) is 10.5. The summed E-state index contributed by atoms with van der Waals surface area (Å²) in [5.41, 5.74) is 6.03. The number of aliphatic hydroxyl groups is 1. The van der Waals surface area contributed by atoms with Crippen LogP contribution in [0.2, 0.25) is 0 Å². The zero-order chi connectivity index (χ0) is 22.7. The Hall–Kier alpha value is -0.300. The van der Waals surface area contributed by atoms with Crippen LogP contribution >= 0.6 is 0 Å². The Bertz CT molecular complexity index is 803. The van der Waals surface area contributed by atoms with Crippen LogP contribution in [-0.4, -0.2) is 11.2 Å². The Morgan fingerprint density at radius 2 is 1.35 bits per heavy atom. The van der Waals surface area contributed by atoms with Crippen molar-refractivity contribution in [3.05, 3.63) is 11.1 Å². The van der Waals surface area contributed by atoms with Crippen LogP contribution in [0.5, 0.6) is 0 Å². The molecule has 0 aliphatic heterocycles. The van der Waals surface area contributed by atoms with E-state index in [4.69, 9.17) is 0 Å². The third-order valence-corrected chi connectivity index (χ3v) is 12.9. The highest BCUT2D eigenvalue weighted by atomic mass is 16.3. The van der Waals surface area contributed by atoms with Crippen molar-refractivity contribution in [2.24, 2.45) is 44.3 Å². The first-order valence-electron chi connectivity index (χ1n) is 13.6. The molecule has 0 amide bonds. The average Bonchev–Trinajstić information content (AvgIpc) is 2.67. The van der Waals surface area contributed by atoms with E-state index in [1.54, 1.807) is 0 Å². The Balaban J connectivity index is 1.59. The van der Waals surface area contributed by atoms with Crippen LogP contribution in [0.4, 0.5) is 0 Å². The highest BCUT2D eigenvalue weighted by Crippen LogP contribution is 2.75. The summed E-state index contributed by atoms with van der Waals surface area (Å²) in [6, 6.07) is 0. The first-order valence-corrected chi connectivity index (χ1v) is 13.6. The van der Waals surface area contributed by atoms with Gasteiger partial charge in [0.05, 0.1) is 6.10 Å². The Morgan fingerprint density at radius 1 is 0.677 bits per heavy atom. The molecule has 1 heteroatoms. The minimum absolute atomic E-state index is 0.0620. The zero-order valence-electron chi connectivity index (χ0n) is 22.0. The monoisotopic (exact) mass is 426 g/mol. The number of fused-ring (bicyclic) bond motifs is 6. The van der Waals surface area contributed by atoms with Gasteiger partial charge in [-0.2, -0.15) is 0 Å². The van der Waals surface area contributed by atoms with Crippen molar-refractivity contribution in [2.45, 2.75) is 132 Å². The van der Waals surface area contributed by atoms with Gasteiger partial charge in [-0.25, -0.2) is 0 Å². The summed E-state index contributed by atoms with van der Waals surface area (Å²) in [4.78, 5) is 0. The van der Waals surface area contributed by atoms with E-state index in [1.165, 1.54) is 64.2 Å². The van der Waals surface area contributed by atoms with Crippen LogP contribution in [0.3, 0.4) is 0 Å². The van der Waals surface area contributed by atoms with Gasteiger partial charge in [0.25, 0.3) is 0 Å². The number of hydrogen-bond donors (Lipinski definition) is 1. The van der Waals surface area contributed by atoms with Crippen molar-refractivity contribution in [1.82, 2.24) is 0 Å². The van der Waals surface area contributed by atoms with Gasteiger partial charge in [-0.3, -0.25) is 0 Å². The van der Waals surface area contributed by atoms with Crippen molar-refractivity contribution in [3.63, 3.8) is 0 Å². The van der Waals surface area contributed by atoms with Crippen molar-refractivity contribution >= 4 is 0 Å². The summed E-state index contributed by atoms with van der Waals surface area (Å²) in [6.45, 7) is 20.4. The number of aliphatic hydroxyl groups excluding tert-OH is 1. The smallest absolute Gasteiger partial charge is 0.0594 e. The van der Waals surface area contributed by atoms with E-state index in [0.717, 1.165) is 12.3 Å². The van der Waals surface area contributed by atoms with E-state index < -0.39 is 0 Å². The Morgan fingerprint density at radius 3 is 2.06 bits per heavy atom. The fourth-order valence-corrected chi connectivity index (χ4v) is 10.5. The molecule has 7 atom stereocenters. The van der Waals surface area contributed by atoms with Gasteiger partial charge < -0.3 is 5.11 Å². The second kappa shape index (κ2) is 6.43. The van der Waals surface area contributed by atoms with Crippen LogP contribution in [0, 0.1) is 44.3 Å². The molecular weight excluding hydrogens is 376 g/mol.